The van der Waals surface area contributed by atoms with E-state index in [0.717, 1.165) is 30.7 Å². The minimum atomic E-state index is 0.0237. The highest BCUT2D eigenvalue weighted by molar-refractivity contribution is 5.94. The lowest BCUT2D eigenvalue weighted by Crippen LogP contribution is -2.39. The zero-order chi connectivity index (χ0) is 19.3. The molecule has 1 atom stereocenters. The van der Waals surface area contributed by atoms with Crippen molar-refractivity contribution in [1.29, 1.82) is 0 Å². The molecule has 0 N–H and O–H groups in total. The van der Waals surface area contributed by atoms with E-state index in [1.807, 2.05) is 66.4 Å². The van der Waals surface area contributed by atoms with Crippen LogP contribution in [0.2, 0.25) is 0 Å². The van der Waals surface area contributed by atoms with Gasteiger partial charge in [-0.1, -0.05) is 18.2 Å². The van der Waals surface area contributed by atoms with Gasteiger partial charge in [0.2, 0.25) is 11.8 Å². The van der Waals surface area contributed by atoms with E-state index in [1.54, 1.807) is 0 Å². The van der Waals surface area contributed by atoms with Crippen molar-refractivity contribution in [2.75, 3.05) is 19.7 Å². The van der Waals surface area contributed by atoms with Crippen molar-refractivity contribution in [2.45, 2.75) is 25.7 Å². The van der Waals surface area contributed by atoms with E-state index >= 15 is 0 Å². The van der Waals surface area contributed by atoms with Gasteiger partial charge in [0.25, 0.3) is 5.91 Å². The Labute approximate surface area is 164 Å². The molecule has 0 radical (unpaired) electrons. The van der Waals surface area contributed by atoms with Crippen LogP contribution in [0.5, 0.6) is 5.75 Å². The lowest BCUT2D eigenvalue weighted by molar-refractivity contribution is 0.0698. The Morgan fingerprint density at radius 2 is 1.93 bits per heavy atom. The van der Waals surface area contributed by atoms with Crippen LogP contribution in [0.25, 0.3) is 11.5 Å². The standard InChI is InChI=1S/C22H23N3O3/c1-2-27-19-12-10-17(11-13-19)22(26)25-14-6-9-18(15-25)21-24-23-20(28-21)16-7-4-3-5-8-16/h3-5,7-8,10-13,18H,2,6,9,14-15H2,1H3. The number of hydrogen-bond donors (Lipinski definition) is 0. The molecule has 0 aliphatic carbocycles. The third kappa shape index (κ3) is 3.91. The Kier molecular flexibility index (Phi) is 5.37. The second kappa shape index (κ2) is 8.25. The Morgan fingerprint density at radius 1 is 1.14 bits per heavy atom. The Balaban J connectivity index is 1.45. The van der Waals surface area contributed by atoms with Gasteiger partial charge in [-0.25, -0.2) is 0 Å². The number of carbonyl (C=O) groups excluding carboxylic acids is 1. The first-order valence-electron chi connectivity index (χ1n) is 9.65. The predicted molar refractivity (Wildman–Crippen MR) is 105 cm³/mol. The van der Waals surface area contributed by atoms with Gasteiger partial charge in [-0.05, 0) is 56.2 Å². The van der Waals surface area contributed by atoms with Crippen molar-refractivity contribution in [3.63, 3.8) is 0 Å². The molecular weight excluding hydrogens is 354 g/mol. The average Bonchev–Trinajstić information content (AvgIpc) is 3.25. The summed E-state index contributed by atoms with van der Waals surface area (Å²) in [5, 5.41) is 8.43. The van der Waals surface area contributed by atoms with Crippen LogP contribution in [-0.2, 0) is 0 Å². The third-order valence-electron chi connectivity index (χ3n) is 4.93. The van der Waals surface area contributed by atoms with Crippen LogP contribution in [0.4, 0.5) is 0 Å². The normalized spacial score (nSPS) is 16.8. The van der Waals surface area contributed by atoms with E-state index in [9.17, 15) is 4.79 Å². The van der Waals surface area contributed by atoms with E-state index < -0.39 is 0 Å². The molecule has 1 aromatic heterocycles. The van der Waals surface area contributed by atoms with Crippen LogP contribution >= 0.6 is 0 Å². The van der Waals surface area contributed by atoms with Gasteiger partial charge in [0.05, 0.1) is 12.5 Å². The van der Waals surface area contributed by atoms with Gasteiger partial charge >= 0.3 is 0 Å². The molecule has 2 aromatic carbocycles. The van der Waals surface area contributed by atoms with Crippen molar-refractivity contribution >= 4 is 5.91 Å². The summed E-state index contributed by atoms with van der Waals surface area (Å²) in [5.74, 6) is 1.98. The van der Waals surface area contributed by atoms with E-state index in [2.05, 4.69) is 10.2 Å². The zero-order valence-electron chi connectivity index (χ0n) is 15.9. The monoisotopic (exact) mass is 377 g/mol. The summed E-state index contributed by atoms with van der Waals surface area (Å²) in [7, 11) is 0. The number of ether oxygens (including phenoxy) is 1. The topological polar surface area (TPSA) is 68.5 Å². The first-order chi connectivity index (χ1) is 13.7. The fourth-order valence-corrected chi connectivity index (χ4v) is 3.50. The molecule has 6 heteroatoms. The molecular formula is C22H23N3O3. The number of piperidine rings is 1. The van der Waals surface area contributed by atoms with Gasteiger partial charge in [-0.15, -0.1) is 10.2 Å². The number of benzene rings is 2. The fourth-order valence-electron chi connectivity index (χ4n) is 3.50. The second-order valence-corrected chi connectivity index (χ2v) is 6.86. The van der Waals surface area contributed by atoms with Gasteiger partial charge < -0.3 is 14.1 Å². The van der Waals surface area contributed by atoms with Crippen molar-refractivity contribution in [1.82, 2.24) is 15.1 Å². The molecule has 3 aromatic rings. The molecule has 1 aliphatic heterocycles. The summed E-state index contributed by atoms with van der Waals surface area (Å²) >= 11 is 0. The van der Waals surface area contributed by atoms with Gasteiger partial charge in [-0.2, -0.15) is 0 Å². The molecule has 0 saturated carbocycles. The maximum Gasteiger partial charge on any atom is 0.253 e. The van der Waals surface area contributed by atoms with Crippen LogP contribution in [0.15, 0.2) is 59.0 Å². The van der Waals surface area contributed by atoms with Crippen LogP contribution in [0, 0.1) is 0 Å². The Morgan fingerprint density at radius 3 is 2.68 bits per heavy atom. The van der Waals surface area contributed by atoms with E-state index in [1.165, 1.54) is 0 Å². The summed E-state index contributed by atoms with van der Waals surface area (Å²) < 4.78 is 11.4. The number of nitrogens with zero attached hydrogens (tertiary/aromatic N) is 3. The molecule has 144 valence electrons. The summed E-state index contributed by atoms with van der Waals surface area (Å²) in [6.07, 6.45) is 1.85. The summed E-state index contributed by atoms with van der Waals surface area (Å²) in [4.78, 5) is 14.8. The van der Waals surface area contributed by atoms with Crippen molar-refractivity contribution in [2.24, 2.45) is 0 Å². The molecule has 1 amide bonds. The Hall–Kier alpha value is -3.15. The lowest BCUT2D eigenvalue weighted by atomic mass is 9.97. The van der Waals surface area contributed by atoms with Crippen LogP contribution in [0.3, 0.4) is 0 Å². The van der Waals surface area contributed by atoms with E-state index in [0.29, 0.717) is 30.5 Å². The second-order valence-electron chi connectivity index (χ2n) is 6.86. The smallest absolute Gasteiger partial charge is 0.253 e. The minimum Gasteiger partial charge on any atom is -0.494 e. The van der Waals surface area contributed by atoms with Crippen molar-refractivity contribution in [3.8, 4) is 17.2 Å². The van der Waals surface area contributed by atoms with Crippen LogP contribution < -0.4 is 4.74 Å². The highest BCUT2D eigenvalue weighted by Gasteiger charge is 2.29. The molecule has 0 bridgehead atoms. The maximum absolute atomic E-state index is 12.9. The number of amides is 1. The molecule has 4 rings (SSSR count). The van der Waals surface area contributed by atoms with Crippen LogP contribution in [0.1, 0.15) is 41.9 Å². The van der Waals surface area contributed by atoms with E-state index in [4.69, 9.17) is 9.15 Å². The highest BCUT2D eigenvalue weighted by atomic mass is 16.5. The molecule has 1 saturated heterocycles. The highest BCUT2D eigenvalue weighted by Crippen LogP contribution is 2.29. The molecule has 6 nitrogen and oxygen atoms in total. The van der Waals surface area contributed by atoms with Gasteiger partial charge in [0, 0.05) is 24.2 Å². The largest absolute Gasteiger partial charge is 0.494 e. The zero-order valence-corrected chi connectivity index (χ0v) is 15.9. The third-order valence-corrected chi connectivity index (χ3v) is 4.93. The van der Waals surface area contributed by atoms with Gasteiger partial charge in [-0.3, -0.25) is 4.79 Å². The van der Waals surface area contributed by atoms with Gasteiger partial charge in [0.1, 0.15) is 5.75 Å². The molecule has 1 aliphatic rings. The lowest BCUT2D eigenvalue weighted by Gasteiger charge is -2.31. The van der Waals surface area contributed by atoms with Crippen LogP contribution in [-0.4, -0.2) is 40.7 Å². The summed E-state index contributed by atoms with van der Waals surface area (Å²) in [6.45, 7) is 3.87. The predicted octanol–water partition coefficient (Wildman–Crippen LogP) is 4.16. The average molecular weight is 377 g/mol. The molecule has 28 heavy (non-hydrogen) atoms. The molecule has 1 fully saturated rings. The quantitative estimate of drug-likeness (QED) is 0.668. The fraction of sp³-hybridized carbons (Fsp3) is 0.318. The summed E-state index contributed by atoms with van der Waals surface area (Å²) in [5.41, 5.74) is 1.57. The van der Waals surface area contributed by atoms with Crippen molar-refractivity contribution in [3.05, 3.63) is 66.1 Å². The number of rotatable bonds is 5. The number of hydrogen-bond acceptors (Lipinski definition) is 5. The van der Waals surface area contributed by atoms with Crippen molar-refractivity contribution < 1.29 is 13.9 Å². The molecule has 2 heterocycles. The molecule has 1 unspecified atom stereocenters. The van der Waals surface area contributed by atoms with E-state index in [-0.39, 0.29) is 11.8 Å². The van der Waals surface area contributed by atoms with Gasteiger partial charge in [0.15, 0.2) is 0 Å². The first kappa shape index (κ1) is 18.2. The first-order valence-corrected chi connectivity index (χ1v) is 9.65. The number of carbonyl (C=O) groups is 1. The Bertz CT molecular complexity index is 922. The number of likely N-dealkylation sites (tertiary alicyclic amines) is 1. The number of aromatic nitrogens is 2. The maximum atomic E-state index is 12.9. The summed E-state index contributed by atoms with van der Waals surface area (Å²) in [6, 6.07) is 17.0. The minimum absolute atomic E-state index is 0.0237. The SMILES string of the molecule is CCOc1ccc(C(=O)N2CCCC(c3nnc(-c4ccccc4)o3)C2)cc1. The molecule has 0 spiro atoms.